The average Bonchev–Trinajstić information content (AvgIpc) is 3.21. The first-order chi connectivity index (χ1) is 24.8. The van der Waals surface area contributed by atoms with Crippen molar-refractivity contribution < 1.29 is 0 Å². The van der Waals surface area contributed by atoms with Crippen molar-refractivity contribution in [2.45, 2.75) is 0 Å². The van der Waals surface area contributed by atoms with Gasteiger partial charge >= 0.3 is 0 Å². The molecule has 8 aromatic carbocycles. The maximum absolute atomic E-state index is 4.97. The second-order valence-corrected chi connectivity index (χ2v) is 12.7. The number of fused-ring (bicyclic) bond motifs is 2. The van der Waals surface area contributed by atoms with E-state index in [2.05, 4.69) is 194 Å². The number of rotatable bonds is 6. The molecule has 0 spiro atoms. The first-order valence-corrected chi connectivity index (χ1v) is 17.1. The summed E-state index contributed by atoms with van der Waals surface area (Å²) in [5.41, 5.74) is 14.1. The van der Waals surface area contributed by atoms with Gasteiger partial charge in [0.2, 0.25) is 0 Å². The first kappa shape index (κ1) is 29.6. The summed E-state index contributed by atoms with van der Waals surface area (Å²) in [6, 6.07) is 69.6. The van der Waals surface area contributed by atoms with E-state index in [4.69, 9.17) is 4.98 Å². The van der Waals surface area contributed by atoms with E-state index in [9.17, 15) is 0 Å². The quantitative estimate of drug-likeness (QED) is 0.166. The molecule has 234 valence electrons. The topological polar surface area (TPSA) is 12.9 Å². The van der Waals surface area contributed by atoms with E-state index in [1.807, 2.05) is 6.20 Å². The fourth-order valence-corrected chi connectivity index (χ4v) is 7.34. The molecular weight excluding hydrogens is 603 g/mol. The normalized spacial score (nSPS) is 11.2. The Hall–Kier alpha value is -6.57. The molecule has 0 saturated carbocycles. The Morgan fingerprint density at radius 1 is 0.260 bits per heavy atom. The molecule has 0 fully saturated rings. The summed E-state index contributed by atoms with van der Waals surface area (Å²) < 4.78 is 0. The van der Waals surface area contributed by atoms with E-state index < -0.39 is 0 Å². The number of hydrogen-bond donors (Lipinski definition) is 0. The molecule has 0 atom stereocenters. The van der Waals surface area contributed by atoms with Gasteiger partial charge in [-0.05, 0) is 83.7 Å². The van der Waals surface area contributed by atoms with Crippen LogP contribution >= 0.6 is 0 Å². The van der Waals surface area contributed by atoms with E-state index in [0.717, 1.165) is 22.4 Å². The Labute approximate surface area is 292 Å². The minimum atomic E-state index is 0.957. The zero-order valence-electron chi connectivity index (χ0n) is 27.5. The monoisotopic (exact) mass is 635 g/mol. The number of benzene rings is 8. The summed E-state index contributed by atoms with van der Waals surface area (Å²) in [7, 11) is 0. The molecule has 9 rings (SSSR count). The molecular formula is C49H33N. The number of nitrogens with zero attached hydrogens (tertiary/aromatic N) is 1. The Morgan fingerprint density at radius 3 is 1.24 bits per heavy atom. The van der Waals surface area contributed by atoms with Crippen molar-refractivity contribution in [1.82, 2.24) is 4.98 Å². The third-order valence-electron chi connectivity index (χ3n) is 9.74. The zero-order chi connectivity index (χ0) is 33.3. The van der Waals surface area contributed by atoms with Crippen LogP contribution in [0, 0.1) is 0 Å². The summed E-state index contributed by atoms with van der Waals surface area (Å²) in [5, 5.41) is 5.03. The highest BCUT2D eigenvalue weighted by Gasteiger charge is 2.17. The third kappa shape index (κ3) is 5.36. The van der Waals surface area contributed by atoms with Crippen molar-refractivity contribution in [3.63, 3.8) is 0 Å². The second kappa shape index (κ2) is 12.8. The summed E-state index contributed by atoms with van der Waals surface area (Å²) in [6.45, 7) is 0. The van der Waals surface area contributed by atoms with Crippen molar-refractivity contribution in [2.24, 2.45) is 0 Å². The molecule has 0 saturated heterocycles. The fraction of sp³-hybridized carbons (Fsp3) is 0. The van der Waals surface area contributed by atoms with Gasteiger partial charge in [-0.2, -0.15) is 0 Å². The highest BCUT2D eigenvalue weighted by atomic mass is 14.7. The van der Waals surface area contributed by atoms with Crippen molar-refractivity contribution >= 4 is 21.5 Å². The van der Waals surface area contributed by atoms with Crippen molar-refractivity contribution in [3.8, 4) is 66.9 Å². The number of pyridine rings is 1. The molecule has 0 amide bonds. The van der Waals surface area contributed by atoms with Crippen LogP contribution in [0.4, 0.5) is 0 Å². The molecule has 0 unspecified atom stereocenters. The van der Waals surface area contributed by atoms with Crippen LogP contribution < -0.4 is 0 Å². The van der Waals surface area contributed by atoms with Crippen LogP contribution in [0.15, 0.2) is 200 Å². The van der Waals surface area contributed by atoms with Crippen LogP contribution in [0.5, 0.6) is 0 Å². The third-order valence-corrected chi connectivity index (χ3v) is 9.74. The van der Waals surface area contributed by atoms with Gasteiger partial charge in [-0.3, -0.25) is 4.98 Å². The molecule has 1 heterocycles. The van der Waals surface area contributed by atoms with Gasteiger partial charge in [-0.1, -0.05) is 182 Å². The fourth-order valence-electron chi connectivity index (χ4n) is 7.34. The van der Waals surface area contributed by atoms with Crippen LogP contribution in [-0.4, -0.2) is 4.98 Å². The van der Waals surface area contributed by atoms with E-state index in [1.54, 1.807) is 0 Å². The lowest BCUT2D eigenvalue weighted by Gasteiger charge is -2.18. The molecule has 50 heavy (non-hydrogen) atoms. The largest absolute Gasteiger partial charge is 0.256 e. The van der Waals surface area contributed by atoms with Gasteiger partial charge in [0, 0.05) is 17.3 Å². The van der Waals surface area contributed by atoms with E-state index in [-0.39, 0.29) is 0 Å². The molecule has 0 bridgehead atoms. The van der Waals surface area contributed by atoms with Gasteiger partial charge in [0.25, 0.3) is 0 Å². The second-order valence-electron chi connectivity index (χ2n) is 12.7. The Kier molecular flexibility index (Phi) is 7.57. The summed E-state index contributed by atoms with van der Waals surface area (Å²) in [6.07, 6.45) is 2.02. The molecule has 0 aliphatic heterocycles. The lowest BCUT2D eigenvalue weighted by molar-refractivity contribution is 1.32. The van der Waals surface area contributed by atoms with E-state index in [1.165, 1.54) is 66.1 Å². The van der Waals surface area contributed by atoms with Crippen molar-refractivity contribution in [1.29, 1.82) is 0 Å². The van der Waals surface area contributed by atoms with Crippen molar-refractivity contribution in [3.05, 3.63) is 200 Å². The molecule has 1 nitrogen and oxygen atoms in total. The maximum atomic E-state index is 4.97. The number of aromatic nitrogens is 1. The molecule has 1 heteroatoms. The van der Waals surface area contributed by atoms with Crippen LogP contribution in [0.25, 0.3) is 88.4 Å². The van der Waals surface area contributed by atoms with Gasteiger partial charge in [0.1, 0.15) is 0 Å². The van der Waals surface area contributed by atoms with Gasteiger partial charge < -0.3 is 0 Å². The Morgan fingerprint density at radius 2 is 0.680 bits per heavy atom. The zero-order valence-corrected chi connectivity index (χ0v) is 27.5. The van der Waals surface area contributed by atoms with Crippen LogP contribution in [0.1, 0.15) is 0 Å². The minimum absolute atomic E-state index is 0.957. The SMILES string of the molecule is c1ccc(-c2cnc(-c3ccc(-c4ccc5c(-c6ccccc6)c6ccccc6c(-c6ccccc6)c5c4)cc3)cc2-c2ccccc2)cc1. The highest BCUT2D eigenvalue weighted by molar-refractivity contribution is 6.22. The van der Waals surface area contributed by atoms with Crippen LogP contribution in [0.2, 0.25) is 0 Å². The van der Waals surface area contributed by atoms with E-state index >= 15 is 0 Å². The molecule has 9 aromatic rings. The van der Waals surface area contributed by atoms with E-state index in [0.29, 0.717) is 0 Å². The predicted molar refractivity (Wildman–Crippen MR) is 212 cm³/mol. The number of hydrogen-bond acceptors (Lipinski definition) is 1. The molecule has 0 radical (unpaired) electrons. The smallest absolute Gasteiger partial charge is 0.0708 e. The summed E-state index contributed by atoms with van der Waals surface area (Å²) >= 11 is 0. The molecule has 0 N–H and O–H groups in total. The predicted octanol–water partition coefficient (Wildman–Crippen LogP) is 13.4. The standard InChI is InChI=1S/C49H33N/c1-5-15-35(16-6-1)44-32-47(50-33-46(44)36-17-7-2-8-18-36)37-27-25-34(26-28-37)40-29-30-43-45(31-40)49(39-21-11-4-12-22-39)42-24-14-13-23-41(42)48(43)38-19-9-3-10-20-38/h1-33H. The summed E-state index contributed by atoms with van der Waals surface area (Å²) in [4.78, 5) is 4.97. The van der Waals surface area contributed by atoms with Gasteiger partial charge in [0.05, 0.1) is 5.69 Å². The lowest BCUT2D eigenvalue weighted by Crippen LogP contribution is -1.92. The van der Waals surface area contributed by atoms with Crippen LogP contribution in [0.3, 0.4) is 0 Å². The summed E-state index contributed by atoms with van der Waals surface area (Å²) in [5.74, 6) is 0. The maximum Gasteiger partial charge on any atom is 0.0708 e. The Bertz CT molecular complexity index is 2590. The van der Waals surface area contributed by atoms with Gasteiger partial charge in [0.15, 0.2) is 0 Å². The molecule has 1 aromatic heterocycles. The first-order valence-electron chi connectivity index (χ1n) is 17.1. The lowest BCUT2D eigenvalue weighted by atomic mass is 9.85. The Balaban J connectivity index is 1.18. The van der Waals surface area contributed by atoms with Gasteiger partial charge in [-0.25, -0.2) is 0 Å². The average molecular weight is 636 g/mol. The van der Waals surface area contributed by atoms with Crippen LogP contribution in [-0.2, 0) is 0 Å². The molecule has 0 aliphatic carbocycles. The van der Waals surface area contributed by atoms with Crippen molar-refractivity contribution in [2.75, 3.05) is 0 Å². The molecule has 0 aliphatic rings. The highest BCUT2D eigenvalue weighted by Crippen LogP contribution is 2.45. The minimum Gasteiger partial charge on any atom is -0.256 e. The van der Waals surface area contributed by atoms with Gasteiger partial charge in [-0.15, -0.1) is 0 Å².